The number of ether oxygens (including phenoxy) is 1. The molecule has 1 aromatic heterocycles. The van der Waals surface area contributed by atoms with Crippen LogP contribution in [-0.4, -0.2) is 36.4 Å². The lowest BCUT2D eigenvalue weighted by Crippen LogP contribution is -2.11. The van der Waals surface area contributed by atoms with Gasteiger partial charge in [0.25, 0.3) is 0 Å². The number of hydrogen-bond acceptors (Lipinski definition) is 4. The minimum Gasteiger partial charge on any atom is -0.465 e. The van der Waals surface area contributed by atoms with Crippen molar-refractivity contribution in [3.63, 3.8) is 0 Å². The Hall–Kier alpha value is -1.36. The number of aromatic amines is 1. The summed E-state index contributed by atoms with van der Waals surface area (Å²) in [6, 6.07) is 0. The molecule has 1 aromatic rings. The average molecular weight is 195 g/mol. The van der Waals surface area contributed by atoms with Gasteiger partial charge in [-0.15, -0.1) is 0 Å². The van der Waals surface area contributed by atoms with Gasteiger partial charge in [-0.3, -0.25) is 5.10 Å². The molecule has 1 atom stereocenters. The number of nitrogens with zero attached hydrogens (tertiary/aromatic N) is 1. The van der Waals surface area contributed by atoms with Gasteiger partial charge in [0.05, 0.1) is 19.0 Å². The van der Waals surface area contributed by atoms with Gasteiger partial charge in [0.15, 0.2) is 0 Å². The summed E-state index contributed by atoms with van der Waals surface area (Å²) in [5.74, 6) is 0.0345. The first kappa shape index (κ1) is 9.21. The normalized spacial score (nSPS) is 21.1. The molecule has 0 aliphatic carbocycles. The zero-order valence-electron chi connectivity index (χ0n) is 8.04. The van der Waals surface area contributed by atoms with Crippen LogP contribution in [0.15, 0.2) is 6.20 Å². The van der Waals surface area contributed by atoms with Crippen molar-refractivity contribution in [3.8, 4) is 0 Å². The second-order valence-corrected chi connectivity index (χ2v) is 3.38. The van der Waals surface area contributed by atoms with Gasteiger partial charge in [-0.1, -0.05) is 0 Å². The number of hydrogen-bond donors (Lipinski definition) is 2. The Morgan fingerprint density at radius 2 is 2.57 bits per heavy atom. The molecule has 5 nitrogen and oxygen atoms in total. The number of H-pyrrole nitrogens is 1. The number of esters is 1. The van der Waals surface area contributed by atoms with Crippen LogP contribution < -0.4 is 5.32 Å². The molecule has 14 heavy (non-hydrogen) atoms. The van der Waals surface area contributed by atoms with E-state index in [1.165, 1.54) is 13.3 Å². The minimum atomic E-state index is -0.319. The highest BCUT2D eigenvalue weighted by Gasteiger charge is 2.24. The summed E-state index contributed by atoms with van der Waals surface area (Å²) in [6.07, 6.45) is 2.56. The van der Waals surface area contributed by atoms with E-state index in [1.54, 1.807) is 0 Å². The van der Waals surface area contributed by atoms with Gasteiger partial charge in [0, 0.05) is 12.5 Å². The van der Waals surface area contributed by atoms with Crippen molar-refractivity contribution >= 4 is 5.97 Å². The van der Waals surface area contributed by atoms with E-state index in [4.69, 9.17) is 0 Å². The molecular weight excluding hydrogens is 182 g/mol. The highest BCUT2D eigenvalue weighted by molar-refractivity contribution is 5.90. The van der Waals surface area contributed by atoms with E-state index >= 15 is 0 Å². The van der Waals surface area contributed by atoms with Crippen molar-refractivity contribution < 1.29 is 9.53 Å². The fraction of sp³-hybridized carbons (Fsp3) is 0.556. The molecule has 0 saturated carbocycles. The molecule has 1 unspecified atom stereocenters. The predicted octanol–water partition coefficient (Wildman–Crippen LogP) is 0.273. The third kappa shape index (κ3) is 1.50. The van der Waals surface area contributed by atoms with Gasteiger partial charge in [-0.2, -0.15) is 5.10 Å². The number of nitrogens with one attached hydrogen (secondary N) is 2. The van der Waals surface area contributed by atoms with Crippen LogP contribution in [0, 0.1) is 0 Å². The molecule has 0 amide bonds. The molecule has 0 aromatic carbocycles. The first-order valence-electron chi connectivity index (χ1n) is 4.65. The molecule has 1 aliphatic rings. The summed E-state index contributed by atoms with van der Waals surface area (Å²) >= 11 is 0. The highest BCUT2D eigenvalue weighted by atomic mass is 16.5. The van der Waals surface area contributed by atoms with Gasteiger partial charge in [-0.05, 0) is 13.0 Å². The Kier molecular flexibility index (Phi) is 2.49. The van der Waals surface area contributed by atoms with Crippen molar-refractivity contribution in [1.82, 2.24) is 15.5 Å². The van der Waals surface area contributed by atoms with Crippen LogP contribution in [0.5, 0.6) is 0 Å². The van der Waals surface area contributed by atoms with E-state index in [0.717, 1.165) is 25.2 Å². The number of aromatic nitrogens is 2. The molecule has 1 saturated heterocycles. The summed E-state index contributed by atoms with van der Waals surface area (Å²) < 4.78 is 4.68. The van der Waals surface area contributed by atoms with Crippen LogP contribution in [0.4, 0.5) is 0 Å². The van der Waals surface area contributed by atoms with Gasteiger partial charge in [0.2, 0.25) is 0 Å². The summed E-state index contributed by atoms with van der Waals surface area (Å²) in [5.41, 5.74) is 1.45. The van der Waals surface area contributed by atoms with Crippen LogP contribution in [0.25, 0.3) is 0 Å². The van der Waals surface area contributed by atoms with Gasteiger partial charge < -0.3 is 10.1 Å². The SMILES string of the molecule is COC(=O)c1cn[nH]c1C1CCNC1. The Labute approximate surface area is 81.8 Å². The average Bonchev–Trinajstić information content (AvgIpc) is 2.85. The first-order valence-corrected chi connectivity index (χ1v) is 4.65. The fourth-order valence-electron chi connectivity index (χ4n) is 1.78. The topological polar surface area (TPSA) is 67.0 Å². The van der Waals surface area contributed by atoms with Crippen molar-refractivity contribution in [2.24, 2.45) is 0 Å². The fourth-order valence-corrected chi connectivity index (χ4v) is 1.78. The Bertz CT molecular complexity index is 329. The second-order valence-electron chi connectivity index (χ2n) is 3.38. The summed E-state index contributed by atoms with van der Waals surface area (Å²) in [5, 5.41) is 10.00. The number of methoxy groups -OCH3 is 1. The molecule has 1 fully saturated rings. The lowest BCUT2D eigenvalue weighted by molar-refractivity contribution is 0.0599. The highest BCUT2D eigenvalue weighted by Crippen LogP contribution is 2.23. The van der Waals surface area contributed by atoms with E-state index in [-0.39, 0.29) is 5.97 Å². The minimum absolute atomic E-state index is 0.319. The summed E-state index contributed by atoms with van der Waals surface area (Å²) in [7, 11) is 1.38. The maximum absolute atomic E-state index is 11.3. The Morgan fingerprint density at radius 3 is 3.21 bits per heavy atom. The maximum Gasteiger partial charge on any atom is 0.341 e. The third-order valence-corrected chi connectivity index (χ3v) is 2.54. The molecule has 76 valence electrons. The lowest BCUT2D eigenvalue weighted by Gasteiger charge is -2.07. The van der Waals surface area contributed by atoms with Crippen molar-refractivity contribution in [2.75, 3.05) is 20.2 Å². The zero-order chi connectivity index (χ0) is 9.97. The van der Waals surface area contributed by atoms with Crippen LogP contribution in [0.2, 0.25) is 0 Å². The predicted molar refractivity (Wildman–Crippen MR) is 50.2 cm³/mol. The van der Waals surface area contributed by atoms with Gasteiger partial charge in [0.1, 0.15) is 5.56 Å². The van der Waals surface area contributed by atoms with Crippen molar-refractivity contribution in [3.05, 3.63) is 17.5 Å². The molecule has 1 aliphatic heterocycles. The molecule has 2 heterocycles. The van der Waals surface area contributed by atoms with E-state index < -0.39 is 0 Å². The Morgan fingerprint density at radius 1 is 1.71 bits per heavy atom. The number of carbonyl (C=O) groups excluding carboxylic acids is 1. The van der Waals surface area contributed by atoms with Crippen LogP contribution in [0.1, 0.15) is 28.4 Å². The van der Waals surface area contributed by atoms with E-state index in [0.29, 0.717) is 11.5 Å². The first-order chi connectivity index (χ1) is 6.83. The van der Waals surface area contributed by atoms with E-state index in [1.807, 2.05) is 0 Å². The van der Waals surface area contributed by atoms with Gasteiger partial charge >= 0.3 is 5.97 Å². The molecule has 2 N–H and O–H groups in total. The summed E-state index contributed by atoms with van der Waals surface area (Å²) in [4.78, 5) is 11.3. The van der Waals surface area contributed by atoms with Crippen LogP contribution in [-0.2, 0) is 4.74 Å². The van der Waals surface area contributed by atoms with Crippen LogP contribution >= 0.6 is 0 Å². The molecule has 0 radical (unpaired) electrons. The summed E-state index contributed by atoms with van der Waals surface area (Å²) in [6.45, 7) is 1.89. The molecular formula is C9H13N3O2. The molecule has 0 bridgehead atoms. The molecule has 0 spiro atoms. The van der Waals surface area contributed by atoms with E-state index in [2.05, 4.69) is 20.3 Å². The van der Waals surface area contributed by atoms with E-state index in [9.17, 15) is 4.79 Å². The zero-order valence-corrected chi connectivity index (χ0v) is 8.04. The Balaban J connectivity index is 2.24. The third-order valence-electron chi connectivity index (χ3n) is 2.54. The number of carbonyl (C=O) groups is 1. The van der Waals surface area contributed by atoms with Gasteiger partial charge in [-0.25, -0.2) is 4.79 Å². The van der Waals surface area contributed by atoms with Crippen LogP contribution in [0.3, 0.4) is 0 Å². The monoisotopic (exact) mass is 195 g/mol. The second kappa shape index (κ2) is 3.79. The van der Waals surface area contributed by atoms with Crippen molar-refractivity contribution in [1.29, 1.82) is 0 Å². The maximum atomic E-state index is 11.3. The molecule has 5 heteroatoms. The lowest BCUT2D eigenvalue weighted by atomic mass is 10.0. The van der Waals surface area contributed by atoms with Crippen molar-refractivity contribution in [2.45, 2.75) is 12.3 Å². The number of rotatable bonds is 2. The standard InChI is InChI=1S/C9H13N3O2/c1-14-9(13)7-5-11-12-8(7)6-2-3-10-4-6/h5-6,10H,2-4H2,1H3,(H,11,12). The molecule has 2 rings (SSSR count). The largest absolute Gasteiger partial charge is 0.465 e. The smallest absolute Gasteiger partial charge is 0.341 e. The quantitative estimate of drug-likeness (QED) is 0.665.